The number of rotatable bonds is 3. The summed E-state index contributed by atoms with van der Waals surface area (Å²) in [5.74, 6) is 0.847. The fourth-order valence-corrected chi connectivity index (χ4v) is 2.56. The summed E-state index contributed by atoms with van der Waals surface area (Å²) >= 11 is -2.23. The second-order valence-corrected chi connectivity index (χ2v) is 5.60. The normalized spacial score (nSPS) is 21.0. The summed E-state index contributed by atoms with van der Waals surface area (Å²) < 4.78 is 42.2. The molecule has 6 nitrogen and oxygen atoms in total. The zero-order valence-corrected chi connectivity index (χ0v) is 9.22. The molecular weight excluding hydrogens is 232 g/mol. The molecule has 1 heterocycles. The first-order chi connectivity index (χ1) is 6.48. The lowest BCUT2D eigenvalue weighted by Crippen LogP contribution is -2.00. The number of hydrogen-bond acceptors (Lipinski definition) is 5. The SMILES string of the molecule is O=S(O)OCCO.O=S1(=O)CCCC1. The Balaban J connectivity index is 0.000000241. The maximum atomic E-state index is 10.4. The molecule has 0 amide bonds. The Morgan fingerprint density at radius 2 is 1.79 bits per heavy atom. The predicted octanol–water partition coefficient (Wildman–Crippen LogP) is -0.673. The van der Waals surface area contributed by atoms with E-state index in [1.54, 1.807) is 0 Å². The summed E-state index contributed by atoms with van der Waals surface area (Å²) in [5, 5.41) is 7.94. The van der Waals surface area contributed by atoms with Crippen molar-refractivity contribution < 1.29 is 26.5 Å². The van der Waals surface area contributed by atoms with Crippen LogP contribution in [0.1, 0.15) is 12.8 Å². The molecule has 0 bridgehead atoms. The maximum absolute atomic E-state index is 10.4. The van der Waals surface area contributed by atoms with Gasteiger partial charge in [0, 0.05) is 0 Å². The van der Waals surface area contributed by atoms with E-state index in [2.05, 4.69) is 4.18 Å². The number of hydrogen-bond donors (Lipinski definition) is 2. The van der Waals surface area contributed by atoms with Gasteiger partial charge >= 0.3 is 11.4 Å². The van der Waals surface area contributed by atoms with E-state index in [1.807, 2.05) is 0 Å². The van der Waals surface area contributed by atoms with E-state index in [1.165, 1.54) is 0 Å². The summed E-state index contributed by atoms with van der Waals surface area (Å²) in [6.45, 7) is -0.324. The monoisotopic (exact) mass is 246 g/mol. The highest BCUT2D eigenvalue weighted by Gasteiger charge is 2.16. The molecule has 0 aromatic carbocycles. The molecule has 1 unspecified atom stereocenters. The van der Waals surface area contributed by atoms with Crippen molar-refractivity contribution in [3.63, 3.8) is 0 Å². The van der Waals surface area contributed by atoms with Gasteiger partial charge in [0.15, 0.2) is 0 Å². The predicted molar refractivity (Wildman–Crippen MR) is 51.7 cm³/mol. The Hall–Kier alpha value is -0.0200. The van der Waals surface area contributed by atoms with Crippen LogP contribution >= 0.6 is 0 Å². The second kappa shape index (κ2) is 7.30. The van der Waals surface area contributed by atoms with Gasteiger partial charge in [0.25, 0.3) is 0 Å². The van der Waals surface area contributed by atoms with Gasteiger partial charge in [0.1, 0.15) is 9.84 Å². The molecule has 0 aromatic rings. The summed E-state index contributed by atoms with van der Waals surface area (Å²) in [4.78, 5) is 0. The van der Waals surface area contributed by atoms with E-state index in [0.717, 1.165) is 12.8 Å². The van der Waals surface area contributed by atoms with Gasteiger partial charge in [-0.1, -0.05) is 0 Å². The largest absolute Gasteiger partial charge is 0.394 e. The number of aliphatic hydroxyl groups excluding tert-OH is 1. The molecule has 0 saturated carbocycles. The number of aliphatic hydroxyl groups is 1. The molecule has 2 N–H and O–H groups in total. The van der Waals surface area contributed by atoms with E-state index in [0.29, 0.717) is 11.5 Å². The third-order valence-corrected chi connectivity index (χ3v) is 3.63. The first-order valence-electron chi connectivity index (χ1n) is 4.03. The molecule has 1 aliphatic heterocycles. The molecule has 1 saturated heterocycles. The minimum atomic E-state index is -2.55. The van der Waals surface area contributed by atoms with Gasteiger partial charge in [-0.05, 0) is 12.8 Å². The first-order valence-corrected chi connectivity index (χ1v) is 6.88. The third-order valence-electron chi connectivity index (χ3n) is 1.44. The third kappa shape index (κ3) is 8.57. The van der Waals surface area contributed by atoms with Crippen LogP contribution in [0, 0.1) is 0 Å². The van der Waals surface area contributed by atoms with Crippen molar-refractivity contribution in [1.82, 2.24) is 0 Å². The summed E-state index contributed by atoms with van der Waals surface area (Å²) in [5.41, 5.74) is 0. The van der Waals surface area contributed by atoms with Crippen molar-refractivity contribution in [3.8, 4) is 0 Å². The molecule has 0 radical (unpaired) electrons. The first kappa shape index (κ1) is 14.0. The lowest BCUT2D eigenvalue weighted by Gasteiger charge is -1.89. The van der Waals surface area contributed by atoms with Gasteiger partial charge in [0.05, 0.1) is 24.7 Å². The molecule has 8 heteroatoms. The number of sulfone groups is 1. The zero-order valence-electron chi connectivity index (χ0n) is 7.59. The van der Waals surface area contributed by atoms with Crippen LogP contribution in [-0.4, -0.2) is 47.0 Å². The molecule has 1 rings (SSSR count). The van der Waals surface area contributed by atoms with Crippen molar-refractivity contribution in [2.45, 2.75) is 12.8 Å². The smallest absolute Gasteiger partial charge is 0.301 e. The van der Waals surface area contributed by atoms with Crippen molar-refractivity contribution in [3.05, 3.63) is 0 Å². The Bertz CT molecular complexity index is 247. The Kier molecular flexibility index (Phi) is 7.28. The van der Waals surface area contributed by atoms with Crippen LogP contribution in [0.25, 0.3) is 0 Å². The molecule has 0 aliphatic carbocycles. The molecule has 0 spiro atoms. The van der Waals surface area contributed by atoms with E-state index >= 15 is 0 Å². The van der Waals surface area contributed by atoms with Crippen molar-refractivity contribution in [1.29, 1.82) is 0 Å². The average Bonchev–Trinajstić information content (AvgIpc) is 2.47. The average molecular weight is 246 g/mol. The quantitative estimate of drug-likeness (QED) is 0.640. The standard InChI is InChI=1S/C4H8O2S.C2H6O4S/c5-7(6)3-1-2-4-7;3-1-2-6-7(4)5/h1-4H2;3H,1-2H2,(H,4,5). The summed E-state index contributed by atoms with van der Waals surface area (Å²) in [7, 11) is -2.55. The van der Waals surface area contributed by atoms with E-state index in [9.17, 15) is 12.6 Å². The Labute approximate surface area is 85.7 Å². The minimum Gasteiger partial charge on any atom is -0.394 e. The van der Waals surface area contributed by atoms with Gasteiger partial charge in [-0.3, -0.25) is 8.74 Å². The highest BCUT2D eigenvalue weighted by atomic mass is 32.2. The molecule has 14 heavy (non-hydrogen) atoms. The molecule has 1 aliphatic rings. The van der Waals surface area contributed by atoms with Gasteiger partial charge in [0.2, 0.25) is 0 Å². The molecular formula is C6H14O6S2. The Morgan fingerprint density at radius 1 is 1.29 bits per heavy atom. The van der Waals surface area contributed by atoms with Crippen molar-refractivity contribution >= 4 is 21.2 Å². The van der Waals surface area contributed by atoms with Gasteiger partial charge in [-0.15, -0.1) is 0 Å². The lowest BCUT2D eigenvalue weighted by molar-refractivity contribution is 0.202. The topological polar surface area (TPSA) is 101 Å². The maximum Gasteiger partial charge on any atom is 0.301 e. The van der Waals surface area contributed by atoms with Crippen LogP contribution < -0.4 is 0 Å². The van der Waals surface area contributed by atoms with E-state index in [4.69, 9.17) is 9.66 Å². The van der Waals surface area contributed by atoms with Crippen LogP contribution in [0.15, 0.2) is 0 Å². The molecule has 86 valence electrons. The zero-order chi connectivity index (χ0) is 11.0. The van der Waals surface area contributed by atoms with Crippen molar-refractivity contribution in [2.75, 3.05) is 24.7 Å². The van der Waals surface area contributed by atoms with Gasteiger partial charge in [-0.25, -0.2) is 8.42 Å². The van der Waals surface area contributed by atoms with Gasteiger partial charge in [-0.2, -0.15) is 4.21 Å². The highest BCUT2D eigenvalue weighted by molar-refractivity contribution is 7.91. The minimum absolute atomic E-state index is 0.0941. The van der Waals surface area contributed by atoms with Crippen LogP contribution in [0.4, 0.5) is 0 Å². The fraction of sp³-hybridized carbons (Fsp3) is 1.00. The molecule has 1 atom stereocenters. The molecule has 1 fully saturated rings. The fourth-order valence-electron chi connectivity index (χ4n) is 0.855. The second-order valence-electron chi connectivity index (χ2n) is 2.62. The van der Waals surface area contributed by atoms with Crippen LogP contribution in [0.3, 0.4) is 0 Å². The summed E-state index contributed by atoms with van der Waals surface area (Å²) in [6, 6.07) is 0. The van der Waals surface area contributed by atoms with Gasteiger partial charge < -0.3 is 5.11 Å². The van der Waals surface area contributed by atoms with Crippen LogP contribution in [-0.2, 0) is 25.4 Å². The lowest BCUT2D eigenvalue weighted by atomic mass is 10.4. The Morgan fingerprint density at radius 3 is 1.93 bits per heavy atom. The van der Waals surface area contributed by atoms with Crippen molar-refractivity contribution in [2.24, 2.45) is 0 Å². The van der Waals surface area contributed by atoms with E-state index in [-0.39, 0.29) is 13.2 Å². The molecule has 0 aromatic heterocycles. The van der Waals surface area contributed by atoms with Crippen LogP contribution in [0.2, 0.25) is 0 Å². The highest BCUT2D eigenvalue weighted by Crippen LogP contribution is 2.08. The summed E-state index contributed by atoms with van der Waals surface area (Å²) in [6.07, 6.45) is 1.75. The van der Waals surface area contributed by atoms with Crippen LogP contribution in [0.5, 0.6) is 0 Å². The van der Waals surface area contributed by atoms with E-state index < -0.39 is 21.2 Å².